The van der Waals surface area contributed by atoms with Crippen LogP contribution in [0.2, 0.25) is 0 Å². The highest BCUT2D eigenvalue weighted by Gasteiger charge is 2.52. The average molecular weight is 892 g/mol. The van der Waals surface area contributed by atoms with Crippen molar-refractivity contribution in [2.45, 2.75) is 5.41 Å². The van der Waals surface area contributed by atoms with E-state index in [1.807, 2.05) is 0 Å². The summed E-state index contributed by atoms with van der Waals surface area (Å²) in [5.41, 5.74) is 22.2. The monoisotopic (exact) mass is 891 g/mol. The van der Waals surface area contributed by atoms with Crippen molar-refractivity contribution in [3.05, 3.63) is 295 Å². The van der Waals surface area contributed by atoms with Gasteiger partial charge in [0.2, 0.25) is 0 Å². The Labute approximate surface area is 408 Å². The number of rotatable bonds is 8. The van der Waals surface area contributed by atoms with Crippen LogP contribution in [0.25, 0.3) is 60.9 Å². The Morgan fingerprint density at radius 3 is 1.47 bits per heavy atom. The second-order valence-electron chi connectivity index (χ2n) is 18.4. The number of nitrogens with zero attached hydrogens (tertiary/aromatic N) is 3. The van der Waals surface area contributed by atoms with Crippen LogP contribution in [-0.4, -0.2) is 4.57 Å². The maximum absolute atomic E-state index is 2.48. The van der Waals surface area contributed by atoms with E-state index in [2.05, 4.69) is 287 Å². The van der Waals surface area contributed by atoms with Crippen molar-refractivity contribution in [3.8, 4) is 39.1 Å². The second-order valence-corrected chi connectivity index (χ2v) is 18.4. The second kappa shape index (κ2) is 16.0. The molecule has 0 aliphatic heterocycles. The lowest BCUT2D eigenvalue weighted by molar-refractivity contribution is 0.793. The summed E-state index contributed by atoms with van der Waals surface area (Å²) in [5, 5.41) is 2.46. The van der Waals surface area contributed by atoms with Gasteiger partial charge in [0.05, 0.1) is 22.1 Å². The van der Waals surface area contributed by atoms with Gasteiger partial charge in [-0.05, 0) is 135 Å². The third-order valence-electron chi connectivity index (χ3n) is 14.8. The van der Waals surface area contributed by atoms with Crippen molar-refractivity contribution in [3.63, 3.8) is 0 Å². The van der Waals surface area contributed by atoms with Crippen LogP contribution in [0.15, 0.2) is 273 Å². The molecule has 70 heavy (non-hydrogen) atoms. The van der Waals surface area contributed by atoms with E-state index in [1.54, 1.807) is 0 Å². The lowest BCUT2D eigenvalue weighted by Gasteiger charge is -2.33. The van der Waals surface area contributed by atoms with Crippen LogP contribution in [-0.2, 0) is 5.41 Å². The first-order chi connectivity index (χ1) is 34.8. The first-order valence-corrected chi connectivity index (χ1v) is 24.2. The van der Waals surface area contributed by atoms with Crippen LogP contribution in [0.1, 0.15) is 22.3 Å². The summed E-state index contributed by atoms with van der Waals surface area (Å²) in [6.07, 6.45) is 0. The fourth-order valence-electron chi connectivity index (χ4n) is 11.9. The first kappa shape index (κ1) is 39.9. The van der Waals surface area contributed by atoms with Crippen LogP contribution >= 0.6 is 0 Å². The van der Waals surface area contributed by atoms with Crippen LogP contribution in [0.4, 0.5) is 34.1 Å². The standard InChI is InChI=1S/C67H45N3/c1-5-21-46(22-6-1)53-29-15-19-35-64(53)69(52-38-41-58-57-32-16-20-36-65(57)70(66(58)45-52)49-27-11-4-12-28-49)50-39-42-62-59(43-50)55-31-14-18-34-61(55)67(62)60-33-17-13-30-54(60)56-40-37-51(44-63(56)67)68(47-23-7-2-8-24-47)48-25-9-3-10-26-48/h1-45H. The van der Waals surface area contributed by atoms with Gasteiger partial charge in [-0.15, -0.1) is 0 Å². The Kier molecular flexibility index (Phi) is 9.11. The Balaban J connectivity index is 1.02. The number of anilines is 6. The lowest BCUT2D eigenvalue weighted by Crippen LogP contribution is -2.26. The van der Waals surface area contributed by atoms with Gasteiger partial charge in [0.1, 0.15) is 0 Å². The third kappa shape index (κ3) is 5.95. The third-order valence-corrected chi connectivity index (χ3v) is 14.8. The SMILES string of the molecule is c1ccc(-c2ccccc2N(c2ccc3c(c2)-c2ccccc2C32c3ccccc3-c3ccc(N(c4ccccc4)c4ccccc4)cc32)c2ccc3c4ccccc4n(-c4ccccc4)c3c2)cc1. The van der Waals surface area contributed by atoms with E-state index in [1.165, 1.54) is 66.4 Å². The minimum atomic E-state index is -0.548. The highest BCUT2D eigenvalue weighted by atomic mass is 15.2. The molecule has 1 unspecified atom stereocenters. The lowest BCUT2D eigenvalue weighted by atomic mass is 9.70. The number of para-hydroxylation sites is 5. The molecule has 0 saturated heterocycles. The Hall–Kier alpha value is -9.18. The molecular weight excluding hydrogens is 847 g/mol. The van der Waals surface area contributed by atoms with Crippen molar-refractivity contribution < 1.29 is 0 Å². The molecule has 328 valence electrons. The van der Waals surface area contributed by atoms with Crippen LogP contribution in [0.3, 0.4) is 0 Å². The van der Waals surface area contributed by atoms with Crippen molar-refractivity contribution >= 4 is 55.9 Å². The summed E-state index contributed by atoms with van der Waals surface area (Å²) < 4.78 is 2.41. The van der Waals surface area contributed by atoms with Crippen LogP contribution < -0.4 is 9.80 Å². The minimum Gasteiger partial charge on any atom is -0.310 e. The smallest absolute Gasteiger partial charge is 0.0726 e. The zero-order valence-corrected chi connectivity index (χ0v) is 38.3. The maximum Gasteiger partial charge on any atom is 0.0726 e. The highest BCUT2D eigenvalue weighted by molar-refractivity contribution is 6.11. The molecule has 11 aromatic carbocycles. The number of hydrogen-bond acceptors (Lipinski definition) is 2. The van der Waals surface area contributed by atoms with Gasteiger partial charge in [-0.3, -0.25) is 0 Å². The summed E-state index contributed by atoms with van der Waals surface area (Å²) in [7, 11) is 0. The van der Waals surface area contributed by atoms with Crippen LogP contribution in [0.5, 0.6) is 0 Å². The van der Waals surface area contributed by atoms with Gasteiger partial charge >= 0.3 is 0 Å². The Morgan fingerprint density at radius 1 is 0.271 bits per heavy atom. The molecule has 1 spiro atoms. The number of aromatic nitrogens is 1. The van der Waals surface area contributed by atoms with E-state index < -0.39 is 5.41 Å². The molecule has 14 rings (SSSR count). The topological polar surface area (TPSA) is 11.4 Å². The molecule has 1 atom stereocenters. The summed E-state index contributed by atoms with van der Waals surface area (Å²) >= 11 is 0. The molecule has 12 aromatic rings. The predicted molar refractivity (Wildman–Crippen MR) is 292 cm³/mol. The molecule has 1 aromatic heterocycles. The molecule has 0 saturated carbocycles. The Morgan fingerprint density at radius 2 is 0.757 bits per heavy atom. The molecule has 2 aliphatic carbocycles. The zero-order valence-electron chi connectivity index (χ0n) is 38.3. The molecular formula is C67H45N3. The Bertz CT molecular complexity index is 3910. The normalized spacial score (nSPS) is 14.1. The molecule has 0 amide bonds. The average Bonchev–Trinajstić information content (AvgIpc) is 4.03. The van der Waals surface area contributed by atoms with Crippen molar-refractivity contribution in [1.82, 2.24) is 4.57 Å². The molecule has 3 heteroatoms. The quantitative estimate of drug-likeness (QED) is 0.151. The number of benzene rings is 11. The van der Waals surface area contributed by atoms with Gasteiger partial charge in [-0.2, -0.15) is 0 Å². The van der Waals surface area contributed by atoms with Crippen molar-refractivity contribution in [1.29, 1.82) is 0 Å². The van der Waals surface area contributed by atoms with E-state index in [0.717, 1.165) is 50.9 Å². The van der Waals surface area contributed by atoms with Gasteiger partial charge in [0, 0.05) is 50.5 Å². The minimum absolute atomic E-state index is 0.548. The molecule has 0 N–H and O–H groups in total. The van der Waals surface area contributed by atoms with E-state index in [0.29, 0.717) is 0 Å². The van der Waals surface area contributed by atoms with Gasteiger partial charge in [-0.1, -0.05) is 188 Å². The van der Waals surface area contributed by atoms with Gasteiger partial charge < -0.3 is 14.4 Å². The predicted octanol–water partition coefficient (Wildman–Crippen LogP) is 17.7. The molecule has 0 bridgehead atoms. The van der Waals surface area contributed by atoms with Crippen molar-refractivity contribution in [2.75, 3.05) is 9.80 Å². The molecule has 3 nitrogen and oxygen atoms in total. The molecule has 1 heterocycles. The van der Waals surface area contributed by atoms with Crippen LogP contribution in [0, 0.1) is 0 Å². The van der Waals surface area contributed by atoms with Gasteiger partial charge in [0.15, 0.2) is 0 Å². The summed E-state index contributed by atoms with van der Waals surface area (Å²) in [6.45, 7) is 0. The fourth-order valence-corrected chi connectivity index (χ4v) is 11.9. The first-order valence-electron chi connectivity index (χ1n) is 24.2. The van der Waals surface area contributed by atoms with Gasteiger partial charge in [0.25, 0.3) is 0 Å². The molecule has 0 radical (unpaired) electrons. The number of fused-ring (bicyclic) bond motifs is 13. The van der Waals surface area contributed by atoms with E-state index >= 15 is 0 Å². The van der Waals surface area contributed by atoms with Crippen molar-refractivity contribution in [2.24, 2.45) is 0 Å². The summed E-state index contributed by atoms with van der Waals surface area (Å²) in [5.74, 6) is 0. The fraction of sp³-hybridized carbons (Fsp3) is 0.0149. The van der Waals surface area contributed by atoms with E-state index in [9.17, 15) is 0 Å². The molecule has 0 fully saturated rings. The zero-order chi connectivity index (χ0) is 46.2. The largest absolute Gasteiger partial charge is 0.310 e. The maximum atomic E-state index is 2.48. The summed E-state index contributed by atoms with van der Waals surface area (Å²) in [4.78, 5) is 4.87. The van der Waals surface area contributed by atoms with E-state index in [4.69, 9.17) is 0 Å². The van der Waals surface area contributed by atoms with Gasteiger partial charge in [-0.25, -0.2) is 0 Å². The molecule has 2 aliphatic rings. The van der Waals surface area contributed by atoms with E-state index in [-0.39, 0.29) is 0 Å². The summed E-state index contributed by atoms with van der Waals surface area (Å²) in [6, 6.07) is 100. The highest BCUT2D eigenvalue weighted by Crippen LogP contribution is 2.64. The number of hydrogen-bond donors (Lipinski definition) is 0.